The third-order valence-corrected chi connectivity index (χ3v) is 5.15. The Bertz CT molecular complexity index is 893. The molecule has 0 saturated heterocycles. The molecule has 1 fully saturated rings. The number of nitrogens with two attached hydrogens (primary N) is 1. The topological polar surface area (TPSA) is 81.0 Å². The zero-order valence-corrected chi connectivity index (χ0v) is 13.6. The number of hydrogen-bond acceptors (Lipinski definition) is 4. The highest BCUT2D eigenvalue weighted by molar-refractivity contribution is 6.37. The molecule has 0 spiro atoms. The molecule has 3 N–H and O–H groups in total. The van der Waals surface area contributed by atoms with Crippen molar-refractivity contribution in [2.45, 2.75) is 18.8 Å². The van der Waals surface area contributed by atoms with Gasteiger partial charge >= 0.3 is 0 Å². The summed E-state index contributed by atoms with van der Waals surface area (Å²) < 4.78 is 33.0. The Balaban J connectivity index is 1.76. The lowest BCUT2D eigenvalue weighted by Gasteiger charge is -2.17. The average Bonchev–Trinajstić information content (AvgIpc) is 3.04. The van der Waals surface area contributed by atoms with Gasteiger partial charge in [-0.05, 0) is 25.0 Å². The summed E-state index contributed by atoms with van der Waals surface area (Å²) in [4.78, 5) is 11.9. The summed E-state index contributed by atoms with van der Waals surface area (Å²) in [5, 5.41) is 6.44. The van der Waals surface area contributed by atoms with E-state index in [1.165, 1.54) is 12.1 Å². The lowest BCUT2D eigenvalue weighted by Crippen LogP contribution is -2.22. The van der Waals surface area contributed by atoms with Crippen molar-refractivity contribution in [1.29, 1.82) is 0 Å². The summed E-state index contributed by atoms with van der Waals surface area (Å²) in [6.45, 7) is 0. The Morgan fingerprint density at radius 3 is 2.42 bits per heavy atom. The molecule has 9 heteroatoms. The van der Waals surface area contributed by atoms with Crippen LogP contribution in [0.3, 0.4) is 0 Å². The van der Waals surface area contributed by atoms with Gasteiger partial charge in [0, 0.05) is 28.7 Å². The molecule has 1 aromatic carbocycles. The molecule has 1 aromatic heterocycles. The van der Waals surface area contributed by atoms with Gasteiger partial charge in [0.2, 0.25) is 5.88 Å². The second-order valence-electron chi connectivity index (χ2n) is 6.03. The first-order chi connectivity index (χ1) is 11.3. The van der Waals surface area contributed by atoms with Gasteiger partial charge in [0.1, 0.15) is 0 Å². The first-order valence-electron chi connectivity index (χ1n) is 7.19. The first-order valence-corrected chi connectivity index (χ1v) is 7.95. The summed E-state index contributed by atoms with van der Waals surface area (Å²) in [5.41, 5.74) is 6.17. The van der Waals surface area contributed by atoms with Crippen molar-refractivity contribution in [2.24, 2.45) is 11.8 Å². The minimum atomic E-state index is -2.75. The molecule has 1 saturated carbocycles. The predicted octanol–water partition coefficient (Wildman–Crippen LogP) is 3.43. The van der Waals surface area contributed by atoms with E-state index in [0.717, 1.165) is 0 Å². The molecule has 24 heavy (non-hydrogen) atoms. The Labute approximate surface area is 144 Å². The summed E-state index contributed by atoms with van der Waals surface area (Å²) in [6, 6.07) is 2.90. The smallest absolute Gasteiger partial charge is 0.267 e. The summed E-state index contributed by atoms with van der Waals surface area (Å²) in [6.07, 6.45) is 0.0356. The SMILES string of the molecule is Nc1cc(Cl)c(Oc2n[nH]c(=O)c3c2CC2C(C3)C2(F)F)c(Cl)c1. The van der Waals surface area contributed by atoms with E-state index < -0.39 is 23.3 Å². The van der Waals surface area contributed by atoms with Crippen LogP contribution in [-0.2, 0) is 12.8 Å². The second-order valence-corrected chi connectivity index (χ2v) is 6.84. The van der Waals surface area contributed by atoms with Gasteiger partial charge in [-0.3, -0.25) is 4.79 Å². The number of halogens is 4. The van der Waals surface area contributed by atoms with E-state index in [2.05, 4.69) is 10.2 Å². The van der Waals surface area contributed by atoms with Crippen molar-refractivity contribution < 1.29 is 13.5 Å². The van der Waals surface area contributed by atoms with Crippen LogP contribution < -0.4 is 16.0 Å². The lowest BCUT2D eigenvalue weighted by atomic mass is 9.94. The van der Waals surface area contributed by atoms with Gasteiger partial charge in [-0.1, -0.05) is 23.2 Å². The van der Waals surface area contributed by atoms with Gasteiger partial charge in [0.05, 0.1) is 10.0 Å². The van der Waals surface area contributed by atoms with Crippen LogP contribution >= 0.6 is 23.2 Å². The molecule has 0 bridgehead atoms. The second kappa shape index (κ2) is 5.07. The molecule has 2 atom stereocenters. The number of fused-ring (bicyclic) bond motifs is 2. The number of anilines is 1. The van der Waals surface area contributed by atoms with E-state index in [0.29, 0.717) is 11.3 Å². The Kier molecular flexibility index (Phi) is 3.30. The van der Waals surface area contributed by atoms with Gasteiger partial charge < -0.3 is 10.5 Å². The van der Waals surface area contributed by atoms with Crippen molar-refractivity contribution in [3.05, 3.63) is 43.7 Å². The number of rotatable bonds is 2. The molecule has 4 rings (SSSR count). The van der Waals surface area contributed by atoms with Crippen LogP contribution in [0, 0.1) is 11.8 Å². The van der Waals surface area contributed by atoms with Crippen LogP contribution in [0.15, 0.2) is 16.9 Å². The van der Waals surface area contributed by atoms with E-state index in [9.17, 15) is 13.6 Å². The minimum Gasteiger partial charge on any atom is -0.434 e. The van der Waals surface area contributed by atoms with Crippen LogP contribution in [0.1, 0.15) is 11.1 Å². The van der Waals surface area contributed by atoms with Crippen LogP contribution in [-0.4, -0.2) is 16.1 Å². The number of aromatic amines is 1. The first kappa shape index (κ1) is 15.7. The highest BCUT2D eigenvalue weighted by atomic mass is 35.5. The third kappa shape index (κ3) is 2.26. The van der Waals surface area contributed by atoms with E-state index >= 15 is 0 Å². The molecule has 0 aliphatic heterocycles. The number of ether oxygens (including phenoxy) is 1. The monoisotopic (exact) mass is 373 g/mol. The fourth-order valence-corrected chi connectivity index (χ4v) is 3.83. The van der Waals surface area contributed by atoms with E-state index in [1.54, 1.807) is 0 Å². The van der Waals surface area contributed by atoms with Gasteiger partial charge in [-0.2, -0.15) is 0 Å². The molecule has 1 heterocycles. The van der Waals surface area contributed by atoms with Crippen molar-refractivity contribution >= 4 is 28.9 Å². The number of nitrogens with zero attached hydrogens (tertiary/aromatic N) is 1. The fraction of sp³-hybridized carbons (Fsp3) is 0.333. The number of H-pyrrole nitrogens is 1. The predicted molar refractivity (Wildman–Crippen MR) is 85.1 cm³/mol. The number of alkyl halides is 2. The highest BCUT2D eigenvalue weighted by Crippen LogP contribution is 2.61. The maximum Gasteiger partial charge on any atom is 0.267 e. The number of aromatic nitrogens is 2. The van der Waals surface area contributed by atoms with E-state index in [4.69, 9.17) is 33.7 Å². The molecule has 126 valence electrons. The van der Waals surface area contributed by atoms with Crippen molar-refractivity contribution in [3.8, 4) is 11.6 Å². The molecular weight excluding hydrogens is 363 g/mol. The van der Waals surface area contributed by atoms with E-state index in [-0.39, 0.29) is 40.1 Å². The normalized spacial score (nSPS) is 23.3. The molecular formula is C15H11Cl2F2N3O2. The summed E-state index contributed by atoms with van der Waals surface area (Å²) in [5.74, 6) is -4.18. The van der Waals surface area contributed by atoms with Gasteiger partial charge in [-0.15, -0.1) is 5.10 Å². The highest BCUT2D eigenvalue weighted by Gasteiger charge is 2.69. The largest absolute Gasteiger partial charge is 0.434 e. The van der Waals surface area contributed by atoms with Crippen LogP contribution in [0.2, 0.25) is 10.0 Å². The minimum absolute atomic E-state index is 0.00438. The standard InChI is InChI=1S/C15H11Cl2F2N3O2/c16-10-1-5(20)2-11(17)12(10)24-14-7-4-9-8(15(9,18)19)3-6(7)13(23)21-22-14/h1-2,8-9H,3-4,20H2,(H,21,23). The fourth-order valence-electron chi connectivity index (χ4n) is 3.24. The summed E-state index contributed by atoms with van der Waals surface area (Å²) >= 11 is 12.1. The maximum atomic E-state index is 13.7. The van der Waals surface area contributed by atoms with Crippen molar-refractivity contribution in [2.75, 3.05) is 5.73 Å². The molecule has 2 aromatic rings. The van der Waals surface area contributed by atoms with Gasteiger partial charge in [0.25, 0.3) is 11.5 Å². The molecule has 5 nitrogen and oxygen atoms in total. The Morgan fingerprint density at radius 1 is 1.21 bits per heavy atom. The van der Waals surface area contributed by atoms with Gasteiger partial charge in [-0.25, -0.2) is 13.9 Å². The zero-order chi connectivity index (χ0) is 17.2. The lowest BCUT2D eigenvalue weighted by molar-refractivity contribution is 0.0854. The van der Waals surface area contributed by atoms with Crippen molar-refractivity contribution in [1.82, 2.24) is 10.2 Å². The number of hydrogen-bond donors (Lipinski definition) is 2. The molecule has 2 aliphatic carbocycles. The van der Waals surface area contributed by atoms with Crippen LogP contribution in [0.25, 0.3) is 0 Å². The van der Waals surface area contributed by atoms with Crippen LogP contribution in [0.5, 0.6) is 11.6 Å². The number of nitrogen functional groups attached to an aromatic ring is 1. The quantitative estimate of drug-likeness (QED) is 0.790. The van der Waals surface area contributed by atoms with Crippen molar-refractivity contribution in [3.63, 3.8) is 0 Å². The van der Waals surface area contributed by atoms with Gasteiger partial charge in [0.15, 0.2) is 5.75 Å². The zero-order valence-electron chi connectivity index (χ0n) is 12.1. The molecule has 0 amide bonds. The summed E-state index contributed by atoms with van der Waals surface area (Å²) in [7, 11) is 0. The third-order valence-electron chi connectivity index (χ3n) is 4.59. The molecule has 2 aliphatic rings. The van der Waals surface area contributed by atoms with E-state index in [1.807, 2.05) is 0 Å². The van der Waals surface area contributed by atoms with Crippen LogP contribution in [0.4, 0.5) is 14.5 Å². The maximum absolute atomic E-state index is 13.7. The number of benzene rings is 1. The molecule has 0 radical (unpaired) electrons. The number of nitrogens with one attached hydrogen (secondary N) is 1. The Morgan fingerprint density at radius 2 is 1.79 bits per heavy atom. The molecule has 2 unspecified atom stereocenters. The Hall–Kier alpha value is -1.86. The average molecular weight is 374 g/mol.